The zero-order valence-corrected chi connectivity index (χ0v) is 19.0. The molecule has 2 N–H and O–H groups in total. The molecule has 1 aliphatic rings. The maximum Gasteiger partial charge on any atom is 0.418 e. The quantitative estimate of drug-likeness (QED) is 0.463. The van der Waals surface area contributed by atoms with Crippen LogP contribution in [0.5, 0.6) is 5.75 Å². The number of anilines is 2. The lowest BCUT2D eigenvalue weighted by atomic mass is 9.87. The van der Waals surface area contributed by atoms with Gasteiger partial charge in [0.2, 0.25) is 11.8 Å². The van der Waals surface area contributed by atoms with Gasteiger partial charge in [0.1, 0.15) is 5.75 Å². The van der Waals surface area contributed by atoms with Gasteiger partial charge in [-0.05, 0) is 60.6 Å². The van der Waals surface area contributed by atoms with Crippen molar-refractivity contribution in [3.8, 4) is 5.75 Å². The Morgan fingerprint density at radius 2 is 1.67 bits per heavy atom. The fraction of sp³-hybridized carbons (Fsp3) is 0.440. The summed E-state index contributed by atoms with van der Waals surface area (Å²) in [5, 5.41) is 4.83. The minimum absolute atomic E-state index is 0.0114. The zero-order valence-electron chi connectivity index (χ0n) is 19.0. The highest BCUT2D eigenvalue weighted by atomic mass is 19.4. The molecule has 0 aliphatic heterocycles. The molecule has 0 spiro atoms. The number of benzene rings is 2. The van der Waals surface area contributed by atoms with E-state index in [1.807, 2.05) is 24.3 Å². The van der Waals surface area contributed by atoms with Crippen LogP contribution in [0.3, 0.4) is 0 Å². The van der Waals surface area contributed by atoms with Crippen molar-refractivity contribution in [1.29, 1.82) is 0 Å². The first-order chi connectivity index (χ1) is 15.4. The zero-order chi connectivity index (χ0) is 24.2. The van der Waals surface area contributed by atoms with E-state index in [0.29, 0.717) is 12.2 Å². The summed E-state index contributed by atoms with van der Waals surface area (Å²) in [5.41, 5.74) is -0.0708. The summed E-state index contributed by atoms with van der Waals surface area (Å²) in [6.07, 6.45) is -2.82. The van der Waals surface area contributed by atoms with Crippen molar-refractivity contribution < 1.29 is 27.5 Å². The van der Waals surface area contributed by atoms with E-state index in [-0.39, 0.29) is 41.6 Å². The second kappa shape index (κ2) is 9.85. The molecular weight excluding hydrogens is 433 g/mol. The van der Waals surface area contributed by atoms with Gasteiger partial charge in [-0.25, -0.2) is 0 Å². The summed E-state index contributed by atoms with van der Waals surface area (Å²) in [6.45, 7) is 6.61. The number of carbonyl (C=O) groups excluding carboxylic acids is 2. The first-order valence-corrected chi connectivity index (χ1v) is 11.0. The van der Waals surface area contributed by atoms with Crippen LogP contribution in [0.4, 0.5) is 24.5 Å². The van der Waals surface area contributed by atoms with Gasteiger partial charge in [-0.2, -0.15) is 13.2 Å². The number of halogens is 3. The van der Waals surface area contributed by atoms with Crippen molar-refractivity contribution >= 4 is 23.2 Å². The van der Waals surface area contributed by atoms with E-state index in [1.165, 1.54) is 11.6 Å². The van der Waals surface area contributed by atoms with Gasteiger partial charge in [-0.3, -0.25) is 9.59 Å². The van der Waals surface area contributed by atoms with Crippen molar-refractivity contribution in [2.45, 2.75) is 58.0 Å². The molecular formula is C25H29F3N2O3. The van der Waals surface area contributed by atoms with E-state index in [1.54, 1.807) is 0 Å². The lowest BCUT2D eigenvalue weighted by molar-refractivity contribution is -0.137. The van der Waals surface area contributed by atoms with Gasteiger partial charge < -0.3 is 15.4 Å². The molecule has 5 nitrogen and oxygen atoms in total. The molecule has 0 heterocycles. The van der Waals surface area contributed by atoms with Crippen LogP contribution in [0.25, 0.3) is 0 Å². The molecule has 0 radical (unpaired) electrons. The Bertz CT molecular complexity index is 991. The number of ether oxygens (including phenoxy) is 1. The summed E-state index contributed by atoms with van der Waals surface area (Å²) in [7, 11) is 0. The fourth-order valence-electron chi connectivity index (χ4n) is 3.24. The highest BCUT2D eigenvalue weighted by Gasteiger charge is 2.35. The van der Waals surface area contributed by atoms with Crippen molar-refractivity contribution in [2.75, 3.05) is 17.2 Å². The number of alkyl halides is 3. The monoisotopic (exact) mass is 462 g/mol. The number of hydrogen-bond donors (Lipinski definition) is 2. The number of nitrogens with one attached hydrogen (secondary N) is 2. The third-order valence-corrected chi connectivity index (χ3v) is 5.35. The molecule has 0 unspecified atom stereocenters. The topological polar surface area (TPSA) is 67.4 Å². The van der Waals surface area contributed by atoms with E-state index in [4.69, 9.17) is 4.74 Å². The van der Waals surface area contributed by atoms with Gasteiger partial charge >= 0.3 is 6.18 Å². The van der Waals surface area contributed by atoms with Crippen LogP contribution in [0, 0.1) is 5.92 Å². The van der Waals surface area contributed by atoms with Crippen LogP contribution in [0.15, 0.2) is 42.5 Å². The third-order valence-electron chi connectivity index (χ3n) is 5.35. The third kappa shape index (κ3) is 7.23. The Morgan fingerprint density at radius 1 is 1.00 bits per heavy atom. The maximum atomic E-state index is 13.5. The molecule has 8 heteroatoms. The van der Waals surface area contributed by atoms with Crippen molar-refractivity contribution in [3.63, 3.8) is 0 Å². The fourth-order valence-corrected chi connectivity index (χ4v) is 3.24. The summed E-state index contributed by atoms with van der Waals surface area (Å²) in [5.74, 6) is -0.279. The molecule has 0 atom stereocenters. The predicted octanol–water partition coefficient (Wildman–Crippen LogP) is 6.15. The summed E-state index contributed by atoms with van der Waals surface area (Å²) in [4.78, 5) is 24.0. The number of amides is 2. The average Bonchev–Trinajstić information content (AvgIpc) is 3.57. The molecule has 0 bridgehead atoms. The molecule has 1 aliphatic carbocycles. The van der Waals surface area contributed by atoms with Crippen LogP contribution in [-0.4, -0.2) is 18.4 Å². The molecule has 2 aromatic rings. The summed E-state index contributed by atoms with van der Waals surface area (Å²) >= 11 is 0. The highest BCUT2D eigenvalue weighted by Crippen LogP contribution is 2.37. The Hall–Kier alpha value is -3.03. The lowest BCUT2D eigenvalue weighted by Crippen LogP contribution is -2.18. The standard InChI is InChI=1S/C25H29F3N2O3/c1-24(2,3)17-8-11-19(12-9-17)33-14-4-5-22(31)30-21-13-10-18(15-20(21)25(26,27)28)29-23(32)16-6-7-16/h8-13,15-16H,4-7,14H2,1-3H3,(H,29,32)(H,30,31). The lowest BCUT2D eigenvalue weighted by Gasteiger charge is -2.19. The molecule has 33 heavy (non-hydrogen) atoms. The molecule has 2 aromatic carbocycles. The molecule has 3 rings (SSSR count). The van der Waals surface area contributed by atoms with Gasteiger partial charge in [-0.15, -0.1) is 0 Å². The van der Waals surface area contributed by atoms with Crippen LogP contribution >= 0.6 is 0 Å². The van der Waals surface area contributed by atoms with E-state index < -0.39 is 17.6 Å². The first-order valence-electron chi connectivity index (χ1n) is 11.0. The Kier molecular flexibility index (Phi) is 7.34. The van der Waals surface area contributed by atoms with E-state index in [2.05, 4.69) is 31.4 Å². The molecule has 1 fully saturated rings. The highest BCUT2D eigenvalue weighted by molar-refractivity contribution is 5.95. The average molecular weight is 463 g/mol. The number of hydrogen-bond acceptors (Lipinski definition) is 3. The molecule has 0 saturated heterocycles. The van der Waals surface area contributed by atoms with Crippen LogP contribution in [-0.2, 0) is 21.2 Å². The molecule has 1 saturated carbocycles. The minimum Gasteiger partial charge on any atom is -0.494 e. The summed E-state index contributed by atoms with van der Waals surface area (Å²) in [6, 6.07) is 11.1. The van der Waals surface area contributed by atoms with Gasteiger partial charge in [0.15, 0.2) is 0 Å². The van der Waals surface area contributed by atoms with E-state index in [0.717, 1.165) is 25.0 Å². The summed E-state index contributed by atoms with van der Waals surface area (Å²) < 4.78 is 46.1. The number of rotatable bonds is 8. The van der Waals surface area contributed by atoms with Gasteiger partial charge in [0, 0.05) is 18.0 Å². The van der Waals surface area contributed by atoms with Crippen LogP contribution in [0.2, 0.25) is 0 Å². The Labute approximate surface area is 191 Å². The predicted molar refractivity (Wildman–Crippen MR) is 121 cm³/mol. The maximum absolute atomic E-state index is 13.5. The first kappa shape index (κ1) is 24.6. The second-order valence-electron chi connectivity index (χ2n) is 9.30. The smallest absolute Gasteiger partial charge is 0.418 e. The number of carbonyl (C=O) groups is 2. The Morgan fingerprint density at radius 3 is 2.24 bits per heavy atom. The van der Waals surface area contributed by atoms with Crippen molar-refractivity contribution in [3.05, 3.63) is 53.6 Å². The molecule has 0 aromatic heterocycles. The second-order valence-corrected chi connectivity index (χ2v) is 9.30. The normalized spacial score (nSPS) is 14.0. The van der Waals surface area contributed by atoms with Crippen molar-refractivity contribution in [2.24, 2.45) is 5.92 Å². The minimum atomic E-state index is -4.68. The Balaban J connectivity index is 1.52. The van der Waals surface area contributed by atoms with Gasteiger partial charge in [-0.1, -0.05) is 32.9 Å². The van der Waals surface area contributed by atoms with Gasteiger partial charge in [0.05, 0.1) is 17.9 Å². The van der Waals surface area contributed by atoms with Crippen molar-refractivity contribution in [1.82, 2.24) is 0 Å². The van der Waals surface area contributed by atoms with Gasteiger partial charge in [0.25, 0.3) is 0 Å². The van der Waals surface area contributed by atoms with Crippen LogP contribution < -0.4 is 15.4 Å². The van der Waals surface area contributed by atoms with E-state index >= 15 is 0 Å². The largest absolute Gasteiger partial charge is 0.494 e. The SMILES string of the molecule is CC(C)(C)c1ccc(OCCCC(=O)Nc2ccc(NC(=O)C3CC3)cc2C(F)(F)F)cc1. The van der Waals surface area contributed by atoms with Crippen LogP contribution in [0.1, 0.15) is 57.6 Å². The van der Waals surface area contributed by atoms with E-state index in [9.17, 15) is 22.8 Å². The molecule has 2 amide bonds. The molecule has 178 valence electrons.